The van der Waals surface area contributed by atoms with Gasteiger partial charge in [-0.2, -0.15) is 0 Å². The molecule has 0 heterocycles. The number of aliphatic hydroxyl groups excluding tert-OH is 1. The van der Waals surface area contributed by atoms with Gasteiger partial charge in [0.1, 0.15) is 5.75 Å². The lowest BCUT2D eigenvalue weighted by molar-refractivity contribution is 0.274. The molecule has 0 saturated heterocycles. The van der Waals surface area contributed by atoms with Gasteiger partial charge in [0.2, 0.25) is 0 Å². The monoisotopic (exact) mass is 281 g/mol. The van der Waals surface area contributed by atoms with Crippen LogP contribution in [-0.4, -0.2) is 18.3 Å². The van der Waals surface area contributed by atoms with E-state index in [0.717, 1.165) is 22.1 Å². The van der Waals surface area contributed by atoms with Gasteiger partial charge in [0.25, 0.3) is 0 Å². The smallest absolute Gasteiger partial charge is 0.124 e. The molecule has 0 amide bonds. The summed E-state index contributed by atoms with van der Waals surface area (Å²) in [6, 6.07) is 11.9. The molecule has 0 aliphatic rings. The first-order valence-corrected chi connectivity index (χ1v) is 6.28. The van der Waals surface area contributed by atoms with Crippen LogP contribution in [0, 0.1) is 0 Å². The van der Waals surface area contributed by atoms with Crippen molar-refractivity contribution < 1.29 is 9.84 Å². The molecule has 0 spiro atoms. The predicted octanol–water partition coefficient (Wildman–Crippen LogP) is 3.04. The minimum absolute atomic E-state index is 0. The molecule has 0 saturated carbocycles. The Morgan fingerprint density at radius 3 is 2.63 bits per heavy atom. The molecule has 2 rings (SSSR count). The fraction of sp³-hybridized carbons (Fsp3) is 0.333. The first kappa shape index (κ1) is 15.8. The van der Waals surface area contributed by atoms with Gasteiger partial charge < -0.3 is 15.6 Å². The van der Waals surface area contributed by atoms with Gasteiger partial charge in [-0.15, -0.1) is 12.4 Å². The van der Waals surface area contributed by atoms with Crippen LogP contribution in [0.3, 0.4) is 0 Å². The Hall–Kier alpha value is -1.29. The molecule has 0 bridgehead atoms. The van der Waals surface area contributed by atoms with Crippen LogP contribution in [0.25, 0.3) is 10.8 Å². The van der Waals surface area contributed by atoms with Gasteiger partial charge in [0.05, 0.1) is 6.61 Å². The van der Waals surface area contributed by atoms with Crippen molar-refractivity contribution >= 4 is 23.2 Å². The normalized spacial score (nSPS) is 11.9. The minimum Gasteiger partial charge on any atom is -0.494 e. The maximum Gasteiger partial charge on any atom is 0.124 e. The molecule has 4 heteroatoms. The Morgan fingerprint density at radius 1 is 1.21 bits per heavy atom. The van der Waals surface area contributed by atoms with E-state index in [2.05, 4.69) is 6.07 Å². The first-order chi connectivity index (χ1) is 8.77. The molecule has 3 N–H and O–H groups in total. The Kier molecular flexibility index (Phi) is 6.09. The van der Waals surface area contributed by atoms with Gasteiger partial charge in [-0.1, -0.05) is 30.3 Å². The standard InChI is InChI=1S/C15H19NO2.ClH/c1-2-18-14-8-7-11-5-3-4-6-12(11)15(14)13(16)9-10-17;/h3-8,13,17H,2,9-10,16H2,1H3;1H/t13-;/m0./s1. The number of benzene rings is 2. The highest BCUT2D eigenvalue weighted by molar-refractivity contribution is 5.88. The highest BCUT2D eigenvalue weighted by Gasteiger charge is 2.15. The molecule has 0 fully saturated rings. The van der Waals surface area contributed by atoms with E-state index in [-0.39, 0.29) is 25.1 Å². The third-order valence-electron chi connectivity index (χ3n) is 3.04. The number of halogens is 1. The second-order valence-corrected chi connectivity index (χ2v) is 4.25. The van der Waals surface area contributed by atoms with Crippen molar-refractivity contribution in [1.29, 1.82) is 0 Å². The van der Waals surface area contributed by atoms with E-state index < -0.39 is 0 Å². The van der Waals surface area contributed by atoms with Gasteiger partial charge in [-0.3, -0.25) is 0 Å². The Balaban J connectivity index is 0.00000180. The summed E-state index contributed by atoms with van der Waals surface area (Å²) in [4.78, 5) is 0. The number of rotatable bonds is 5. The molecule has 2 aromatic carbocycles. The zero-order valence-corrected chi connectivity index (χ0v) is 11.8. The van der Waals surface area contributed by atoms with Crippen molar-refractivity contribution in [2.45, 2.75) is 19.4 Å². The number of nitrogens with two attached hydrogens (primary N) is 1. The van der Waals surface area contributed by atoms with E-state index in [9.17, 15) is 0 Å². The largest absolute Gasteiger partial charge is 0.494 e. The van der Waals surface area contributed by atoms with Crippen molar-refractivity contribution in [3.8, 4) is 5.75 Å². The van der Waals surface area contributed by atoms with Gasteiger partial charge in [-0.05, 0) is 30.2 Å². The molecular formula is C15H20ClNO2. The van der Waals surface area contributed by atoms with E-state index >= 15 is 0 Å². The molecular weight excluding hydrogens is 262 g/mol. The van der Waals surface area contributed by atoms with Crippen LogP contribution in [-0.2, 0) is 0 Å². The number of aliphatic hydroxyl groups is 1. The van der Waals surface area contributed by atoms with Crippen LogP contribution >= 0.6 is 12.4 Å². The van der Waals surface area contributed by atoms with Crippen LogP contribution in [0.1, 0.15) is 24.9 Å². The second-order valence-electron chi connectivity index (χ2n) is 4.25. The third-order valence-corrected chi connectivity index (χ3v) is 3.04. The van der Waals surface area contributed by atoms with Crippen molar-refractivity contribution in [3.05, 3.63) is 42.0 Å². The fourth-order valence-electron chi connectivity index (χ4n) is 2.22. The average Bonchev–Trinajstić information content (AvgIpc) is 2.39. The Morgan fingerprint density at radius 2 is 1.95 bits per heavy atom. The number of fused-ring (bicyclic) bond motifs is 1. The quantitative estimate of drug-likeness (QED) is 0.886. The predicted molar refractivity (Wildman–Crippen MR) is 81.0 cm³/mol. The highest BCUT2D eigenvalue weighted by Crippen LogP contribution is 2.33. The first-order valence-electron chi connectivity index (χ1n) is 6.28. The van der Waals surface area contributed by atoms with Crippen molar-refractivity contribution in [3.63, 3.8) is 0 Å². The molecule has 0 aliphatic carbocycles. The van der Waals surface area contributed by atoms with Crippen molar-refractivity contribution in [1.82, 2.24) is 0 Å². The number of hydrogen-bond donors (Lipinski definition) is 2. The van der Waals surface area contributed by atoms with Crippen LogP contribution in [0.15, 0.2) is 36.4 Å². The zero-order valence-electron chi connectivity index (χ0n) is 11.0. The van der Waals surface area contributed by atoms with Gasteiger partial charge in [-0.25, -0.2) is 0 Å². The number of hydrogen-bond acceptors (Lipinski definition) is 3. The summed E-state index contributed by atoms with van der Waals surface area (Å²) in [5, 5.41) is 11.3. The van der Waals surface area contributed by atoms with E-state index in [0.29, 0.717) is 13.0 Å². The minimum atomic E-state index is -0.206. The molecule has 104 valence electrons. The summed E-state index contributed by atoms with van der Waals surface area (Å²) >= 11 is 0. The van der Waals surface area contributed by atoms with Crippen LogP contribution in [0.2, 0.25) is 0 Å². The van der Waals surface area contributed by atoms with E-state index in [4.69, 9.17) is 15.6 Å². The molecule has 19 heavy (non-hydrogen) atoms. The molecule has 3 nitrogen and oxygen atoms in total. The molecule has 0 unspecified atom stereocenters. The third kappa shape index (κ3) is 3.38. The molecule has 0 radical (unpaired) electrons. The summed E-state index contributed by atoms with van der Waals surface area (Å²) in [6.45, 7) is 2.64. The van der Waals surface area contributed by atoms with Crippen LogP contribution in [0.4, 0.5) is 0 Å². The summed E-state index contributed by atoms with van der Waals surface area (Å²) in [7, 11) is 0. The lowest BCUT2D eigenvalue weighted by Crippen LogP contribution is -2.14. The average molecular weight is 282 g/mol. The fourth-order valence-corrected chi connectivity index (χ4v) is 2.22. The van der Waals surface area contributed by atoms with Crippen LogP contribution < -0.4 is 10.5 Å². The lowest BCUT2D eigenvalue weighted by atomic mass is 9.96. The molecule has 0 aliphatic heterocycles. The summed E-state index contributed by atoms with van der Waals surface area (Å²) in [5.41, 5.74) is 7.15. The van der Waals surface area contributed by atoms with Gasteiger partial charge >= 0.3 is 0 Å². The molecule has 2 aromatic rings. The Bertz CT molecular complexity index is 531. The number of ether oxygens (including phenoxy) is 1. The molecule has 0 aromatic heterocycles. The zero-order chi connectivity index (χ0) is 13.0. The topological polar surface area (TPSA) is 55.5 Å². The maximum absolute atomic E-state index is 9.07. The van der Waals surface area contributed by atoms with Gasteiger partial charge in [0, 0.05) is 18.2 Å². The maximum atomic E-state index is 9.07. The van der Waals surface area contributed by atoms with E-state index in [1.165, 1.54) is 0 Å². The summed E-state index contributed by atoms with van der Waals surface area (Å²) in [6.07, 6.45) is 0.536. The van der Waals surface area contributed by atoms with E-state index in [1.807, 2.05) is 37.3 Å². The molecule has 1 atom stereocenters. The van der Waals surface area contributed by atoms with Gasteiger partial charge in [0.15, 0.2) is 0 Å². The van der Waals surface area contributed by atoms with Crippen molar-refractivity contribution in [2.75, 3.05) is 13.2 Å². The van der Waals surface area contributed by atoms with E-state index in [1.54, 1.807) is 0 Å². The summed E-state index contributed by atoms with van der Waals surface area (Å²) in [5.74, 6) is 0.817. The SMILES string of the molecule is CCOc1ccc2ccccc2c1[C@@H](N)CCO.Cl. The summed E-state index contributed by atoms with van der Waals surface area (Å²) < 4.78 is 5.65. The highest BCUT2D eigenvalue weighted by atomic mass is 35.5. The second kappa shape index (κ2) is 7.34. The lowest BCUT2D eigenvalue weighted by Gasteiger charge is -2.18. The van der Waals surface area contributed by atoms with Crippen LogP contribution in [0.5, 0.6) is 5.75 Å². The van der Waals surface area contributed by atoms with Crippen molar-refractivity contribution in [2.24, 2.45) is 5.73 Å². The Labute approximate surface area is 119 Å².